The molecule has 0 bridgehead atoms. The van der Waals surface area contributed by atoms with E-state index in [0.717, 1.165) is 22.7 Å². The van der Waals surface area contributed by atoms with Gasteiger partial charge >= 0.3 is 0 Å². The minimum atomic E-state index is 1.11. The van der Waals surface area contributed by atoms with E-state index in [2.05, 4.69) is 302 Å². The number of anilines is 6. The van der Waals surface area contributed by atoms with Gasteiger partial charge in [-0.3, -0.25) is 0 Å². The van der Waals surface area contributed by atoms with Crippen molar-refractivity contribution in [3.63, 3.8) is 0 Å². The number of benzene rings is 15. The van der Waals surface area contributed by atoms with Gasteiger partial charge in [-0.05, 0) is 120 Å². The summed E-state index contributed by atoms with van der Waals surface area (Å²) in [4.78, 5) is 5.08. The van der Waals surface area contributed by atoms with Gasteiger partial charge < -0.3 is 9.80 Å². The standard InChI is InChI=1S/C75H50N2/c1-49-44-54(70-62-36-16-20-40-66(62)74(67-41-21-17-37-63(67)70)76(56-28-4-2-5-29-56)72-58-32-12-8-24-50(58)46-51-25-9-13-33-59(51)72)48-55(45-49)71-64-38-18-22-42-68(64)75(69-43-23-19-39-65(69)71)77(57-30-6-3-7-31-57)73-60-34-14-10-26-52(60)47-53-27-11-15-35-61(53)73/h2-48H,1H3. The van der Waals surface area contributed by atoms with Gasteiger partial charge in [0.25, 0.3) is 0 Å². The highest BCUT2D eigenvalue weighted by Gasteiger charge is 2.28. The second kappa shape index (κ2) is 18.1. The summed E-state index contributed by atoms with van der Waals surface area (Å²) in [6.45, 7) is 2.26. The van der Waals surface area contributed by atoms with Crippen molar-refractivity contribution in [2.75, 3.05) is 9.80 Å². The Kier molecular flexibility index (Phi) is 10.5. The first-order valence-corrected chi connectivity index (χ1v) is 26.7. The van der Waals surface area contributed by atoms with Crippen molar-refractivity contribution >= 4 is 120 Å². The molecule has 2 nitrogen and oxygen atoms in total. The lowest BCUT2D eigenvalue weighted by Gasteiger charge is -2.32. The van der Waals surface area contributed by atoms with Crippen LogP contribution in [0.1, 0.15) is 5.56 Å². The van der Waals surface area contributed by atoms with E-state index < -0.39 is 0 Å². The normalized spacial score (nSPS) is 11.7. The van der Waals surface area contributed by atoms with Crippen molar-refractivity contribution in [3.05, 3.63) is 291 Å². The molecule has 2 heteroatoms. The predicted octanol–water partition coefficient (Wildman–Crippen LogP) is 21.5. The van der Waals surface area contributed by atoms with Crippen molar-refractivity contribution in [2.24, 2.45) is 0 Å². The van der Waals surface area contributed by atoms with Crippen LogP contribution < -0.4 is 9.80 Å². The number of rotatable bonds is 8. The van der Waals surface area contributed by atoms with Crippen molar-refractivity contribution in [1.82, 2.24) is 0 Å². The fourth-order valence-corrected chi connectivity index (χ4v) is 12.7. The molecule has 0 fully saturated rings. The smallest absolute Gasteiger partial charge is 0.0619 e. The molecule has 0 N–H and O–H groups in total. The number of nitrogens with zero attached hydrogens (tertiary/aromatic N) is 2. The maximum atomic E-state index is 2.54. The second-order valence-electron chi connectivity index (χ2n) is 20.4. The quantitative estimate of drug-likeness (QED) is 0.140. The van der Waals surface area contributed by atoms with Gasteiger partial charge in [-0.15, -0.1) is 0 Å². The SMILES string of the molecule is Cc1cc(-c2c3ccccc3c(N(c3ccccc3)c3c4ccccc4cc4ccccc34)c3ccccc23)cc(-c2c3ccccc3c(N(c3ccccc3)c3c4ccccc4cc4ccccc34)c3ccccc23)c1. The van der Waals surface area contributed by atoms with E-state index >= 15 is 0 Å². The van der Waals surface area contributed by atoms with Crippen molar-refractivity contribution in [1.29, 1.82) is 0 Å². The lowest BCUT2D eigenvalue weighted by Crippen LogP contribution is -2.13. The molecule has 0 aliphatic heterocycles. The molecule has 0 aliphatic rings. The topological polar surface area (TPSA) is 6.48 Å². The second-order valence-corrected chi connectivity index (χ2v) is 20.4. The summed E-state index contributed by atoms with van der Waals surface area (Å²) >= 11 is 0. The third kappa shape index (κ3) is 7.18. The maximum absolute atomic E-state index is 2.54. The molecule has 0 radical (unpaired) electrons. The molecule has 0 spiro atoms. The van der Waals surface area contributed by atoms with E-state index in [4.69, 9.17) is 0 Å². The zero-order valence-electron chi connectivity index (χ0n) is 42.5. The van der Waals surface area contributed by atoms with Gasteiger partial charge in [0.05, 0.1) is 22.7 Å². The Labute approximate surface area is 447 Å². The molecule has 0 heterocycles. The summed E-state index contributed by atoms with van der Waals surface area (Å²) in [5.41, 5.74) is 12.9. The van der Waals surface area contributed by atoms with E-state index in [1.165, 1.54) is 125 Å². The Morgan fingerprint density at radius 3 is 0.740 bits per heavy atom. The third-order valence-corrected chi connectivity index (χ3v) is 15.9. The molecule has 77 heavy (non-hydrogen) atoms. The van der Waals surface area contributed by atoms with Crippen molar-refractivity contribution < 1.29 is 0 Å². The van der Waals surface area contributed by atoms with Crippen LogP contribution in [0.15, 0.2) is 285 Å². The van der Waals surface area contributed by atoms with Crippen LogP contribution in [0.5, 0.6) is 0 Å². The van der Waals surface area contributed by atoms with E-state index in [0.29, 0.717) is 0 Å². The van der Waals surface area contributed by atoms with Crippen LogP contribution in [-0.4, -0.2) is 0 Å². The maximum Gasteiger partial charge on any atom is 0.0619 e. The molecule has 15 aromatic carbocycles. The molecule has 0 unspecified atom stereocenters. The first kappa shape index (κ1) is 44.5. The lowest BCUT2D eigenvalue weighted by atomic mass is 9.85. The Balaban J connectivity index is 1.00. The fourth-order valence-electron chi connectivity index (χ4n) is 12.7. The predicted molar refractivity (Wildman–Crippen MR) is 331 cm³/mol. The highest BCUT2D eigenvalue weighted by atomic mass is 15.2. The first-order valence-electron chi connectivity index (χ1n) is 26.7. The largest absolute Gasteiger partial charge is 0.308 e. The number of hydrogen-bond acceptors (Lipinski definition) is 2. The molecule has 360 valence electrons. The van der Waals surface area contributed by atoms with Gasteiger partial charge in [0, 0.05) is 54.5 Å². The summed E-state index contributed by atoms with van der Waals surface area (Å²) in [6, 6.07) is 106. The van der Waals surface area contributed by atoms with Crippen LogP contribution in [0, 0.1) is 6.92 Å². The van der Waals surface area contributed by atoms with Gasteiger partial charge in [0.2, 0.25) is 0 Å². The Morgan fingerprint density at radius 2 is 0.442 bits per heavy atom. The zero-order valence-corrected chi connectivity index (χ0v) is 42.5. The highest BCUT2D eigenvalue weighted by molar-refractivity contribution is 6.28. The molecule has 0 atom stereocenters. The third-order valence-electron chi connectivity index (χ3n) is 15.9. The first-order chi connectivity index (χ1) is 38.2. The average Bonchev–Trinajstić information content (AvgIpc) is 3.58. The molecule has 0 aliphatic carbocycles. The van der Waals surface area contributed by atoms with Crippen LogP contribution in [0.3, 0.4) is 0 Å². The van der Waals surface area contributed by atoms with Crippen molar-refractivity contribution in [3.8, 4) is 22.3 Å². The minimum absolute atomic E-state index is 1.11. The van der Waals surface area contributed by atoms with E-state index in [9.17, 15) is 0 Å². The van der Waals surface area contributed by atoms with Gasteiger partial charge in [-0.2, -0.15) is 0 Å². The van der Waals surface area contributed by atoms with Gasteiger partial charge in [-0.25, -0.2) is 0 Å². The van der Waals surface area contributed by atoms with Crippen LogP contribution in [0.4, 0.5) is 34.1 Å². The molecule has 15 rings (SSSR count). The summed E-state index contributed by atoms with van der Waals surface area (Å²) in [5.74, 6) is 0. The zero-order chi connectivity index (χ0) is 51.0. The summed E-state index contributed by atoms with van der Waals surface area (Å²) < 4.78 is 0. The molecule has 0 saturated carbocycles. The van der Waals surface area contributed by atoms with Gasteiger partial charge in [0.15, 0.2) is 0 Å². The summed E-state index contributed by atoms with van der Waals surface area (Å²) in [5, 5.41) is 19.2. The monoisotopic (exact) mass is 978 g/mol. The number of fused-ring (bicyclic) bond motifs is 8. The van der Waals surface area contributed by atoms with Crippen LogP contribution in [0.2, 0.25) is 0 Å². The molecule has 0 amide bonds. The lowest BCUT2D eigenvalue weighted by molar-refractivity contribution is 1.34. The van der Waals surface area contributed by atoms with Crippen LogP contribution in [-0.2, 0) is 0 Å². The molecular formula is C75H50N2. The highest BCUT2D eigenvalue weighted by Crippen LogP contribution is 2.54. The Morgan fingerprint density at radius 1 is 0.208 bits per heavy atom. The van der Waals surface area contributed by atoms with Gasteiger partial charge in [0.1, 0.15) is 0 Å². The summed E-state index contributed by atoms with van der Waals surface area (Å²) in [6.07, 6.45) is 0. The molecule has 0 saturated heterocycles. The number of aryl methyl sites for hydroxylation is 1. The Hall–Kier alpha value is -10.0. The minimum Gasteiger partial charge on any atom is -0.308 e. The number of hydrogen-bond donors (Lipinski definition) is 0. The fraction of sp³-hybridized carbons (Fsp3) is 0.0133. The van der Waals surface area contributed by atoms with Crippen molar-refractivity contribution in [2.45, 2.75) is 6.92 Å². The Bertz CT molecular complexity index is 4300. The van der Waals surface area contributed by atoms with E-state index in [-0.39, 0.29) is 0 Å². The average molecular weight is 979 g/mol. The molecule has 0 aromatic heterocycles. The molecule has 15 aromatic rings. The summed E-state index contributed by atoms with van der Waals surface area (Å²) in [7, 11) is 0. The van der Waals surface area contributed by atoms with E-state index in [1.807, 2.05) is 0 Å². The van der Waals surface area contributed by atoms with Crippen LogP contribution >= 0.6 is 0 Å². The van der Waals surface area contributed by atoms with E-state index in [1.54, 1.807) is 0 Å². The van der Waals surface area contributed by atoms with Crippen LogP contribution in [0.25, 0.3) is 108 Å². The van der Waals surface area contributed by atoms with Gasteiger partial charge in [-0.1, -0.05) is 243 Å². The molecular weight excluding hydrogens is 929 g/mol. The number of para-hydroxylation sites is 2.